The minimum atomic E-state index is -0.723. The number of aliphatic carboxylic acids is 1. The molecule has 3 aliphatic rings. The van der Waals surface area contributed by atoms with Crippen molar-refractivity contribution in [3.63, 3.8) is 0 Å². The molecular weight excluding hydrogens is 556 g/mol. The van der Waals surface area contributed by atoms with E-state index in [0.29, 0.717) is 18.4 Å². The van der Waals surface area contributed by atoms with E-state index in [9.17, 15) is 9.90 Å². The number of benzene rings is 3. The minimum absolute atomic E-state index is 0. The number of nitrogens with zero attached hydrogens (tertiary/aromatic N) is 2. The first-order valence-corrected chi connectivity index (χ1v) is 15.8. The molecule has 7 heteroatoms. The highest BCUT2D eigenvalue weighted by Crippen LogP contribution is 2.45. The fourth-order valence-electron chi connectivity index (χ4n) is 6.78. The molecule has 6 nitrogen and oxygen atoms in total. The van der Waals surface area contributed by atoms with Gasteiger partial charge < -0.3 is 24.4 Å². The quantitative estimate of drug-likeness (QED) is 0.242. The van der Waals surface area contributed by atoms with E-state index in [1.165, 1.54) is 41.8 Å². The number of carboxylic acids is 1. The SMILES string of the molecule is COc1ccc(-c2ccc(N3CCCCC3)cc2)c(N2CCC(COc3cccc([C@@H](CC(=O)O)C4CC4)c3)CC2)c1.S. The molecule has 6 rings (SSSR count). The summed E-state index contributed by atoms with van der Waals surface area (Å²) in [5, 5.41) is 9.40. The molecule has 43 heavy (non-hydrogen) atoms. The summed E-state index contributed by atoms with van der Waals surface area (Å²) in [5.41, 5.74) is 6.15. The van der Waals surface area contributed by atoms with Crippen molar-refractivity contribution < 1.29 is 19.4 Å². The first-order chi connectivity index (χ1) is 20.6. The van der Waals surface area contributed by atoms with Gasteiger partial charge >= 0.3 is 5.97 Å². The van der Waals surface area contributed by atoms with E-state index >= 15 is 0 Å². The number of ether oxygens (including phenoxy) is 2. The molecule has 230 valence electrons. The molecule has 2 aliphatic heterocycles. The number of carbonyl (C=O) groups is 1. The van der Waals surface area contributed by atoms with Crippen LogP contribution in [0, 0.1) is 11.8 Å². The van der Waals surface area contributed by atoms with Crippen LogP contribution in [0.4, 0.5) is 11.4 Å². The van der Waals surface area contributed by atoms with Gasteiger partial charge in [0.15, 0.2) is 0 Å². The Bertz CT molecular complexity index is 1350. The standard InChI is InChI=1S/C36H44N2O4.H2S/c1-41-31-14-15-33(27-10-12-30(13-11-27)37-18-3-2-4-19-37)35(23-31)38-20-16-26(17-21-38)25-42-32-7-5-6-29(22-32)34(24-36(39)40)28-8-9-28;/h5-7,10-15,22-23,26,28,34H,2-4,8-9,16-21,24-25H2,1H3,(H,39,40);1H2/t34-;/m0./s1. The van der Waals surface area contributed by atoms with Crippen LogP contribution in [-0.4, -0.2) is 51.0 Å². The van der Waals surface area contributed by atoms with Crippen LogP contribution in [0.15, 0.2) is 66.7 Å². The van der Waals surface area contributed by atoms with E-state index in [1.54, 1.807) is 7.11 Å². The van der Waals surface area contributed by atoms with Gasteiger partial charge in [0.2, 0.25) is 0 Å². The summed E-state index contributed by atoms with van der Waals surface area (Å²) < 4.78 is 11.9. The van der Waals surface area contributed by atoms with Gasteiger partial charge in [0.25, 0.3) is 0 Å². The molecule has 1 N–H and O–H groups in total. The van der Waals surface area contributed by atoms with Crippen molar-refractivity contribution in [3.05, 3.63) is 72.3 Å². The van der Waals surface area contributed by atoms with E-state index in [-0.39, 0.29) is 25.8 Å². The third-order valence-electron chi connectivity index (χ3n) is 9.42. The number of piperidine rings is 2. The predicted octanol–water partition coefficient (Wildman–Crippen LogP) is 7.73. The van der Waals surface area contributed by atoms with Gasteiger partial charge in [-0.3, -0.25) is 4.79 Å². The fourth-order valence-corrected chi connectivity index (χ4v) is 6.78. The van der Waals surface area contributed by atoms with Gasteiger partial charge in [-0.25, -0.2) is 0 Å². The highest BCUT2D eigenvalue weighted by molar-refractivity contribution is 7.59. The largest absolute Gasteiger partial charge is 0.497 e. The van der Waals surface area contributed by atoms with Gasteiger partial charge in [-0.05, 0) is 110 Å². The average Bonchev–Trinajstić information content (AvgIpc) is 3.89. The van der Waals surface area contributed by atoms with Crippen molar-refractivity contribution in [1.29, 1.82) is 0 Å². The molecule has 0 aromatic heterocycles. The van der Waals surface area contributed by atoms with Crippen molar-refractivity contribution in [1.82, 2.24) is 0 Å². The maximum atomic E-state index is 11.4. The molecule has 0 unspecified atom stereocenters. The van der Waals surface area contributed by atoms with Gasteiger partial charge in [-0.15, -0.1) is 0 Å². The van der Waals surface area contributed by atoms with E-state index in [4.69, 9.17) is 9.47 Å². The molecule has 0 radical (unpaired) electrons. The van der Waals surface area contributed by atoms with E-state index in [0.717, 1.165) is 68.9 Å². The summed E-state index contributed by atoms with van der Waals surface area (Å²) in [6.45, 7) is 4.95. The first-order valence-electron chi connectivity index (χ1n) is 15.8. The number of rotatable bonds is 11. The number of carboxylic acid groups (broad SMARTS) is 1. The van der Waals surface area contributed by atoms with E-state index in [1.807, 2.05) is 12.1 Å². The predicted molar refractivity (Wildman–Crippen MR) is 179 cm³/mol. The Morgan fingerprint density at radius 1 is 0.860 bits per heavy atom. The molecular formula is C36H46N2O4S. The second kappa shape index (κ2) is 14.4. The van der Waals surface area contributed by atoms with E-state index < -0.39 is 5.97 Å². The van der Waals surface area contributed by atoms with Crippen molar-refractivity contribution in [2.45, 2.75) is 57.3 Å². The molecule has 0 spiro atoms. The van der Waals surface area contributed by atoms with Crippen LogP contribution in [-0.2, 0) is 4.79 Å². The lowest BCUT2D eigenvalue weighted by molar-refractivity contribution is -0.137. The number of methoxy groups -OCH3 is 1. The summed E-state index contributed by atoms with van der Waals surface area (Å²) in [6.07, 6.45) is 8.48. The zero-order chi connectivity index (χ0) is 28.9. The number of anilines is 2. The first kappa shape index (κ1) is 31.1. The van der Waals surface area contributed by atoms with E-state index in [2.05, 4.69) is 64.4 Å². The Kier molecular flexibility index (Phi) is 10.4. The van der Waals surface area contributed by atoms with Gasteiger partial charge in [0.1, 0.15) is 11.5 Å². The highest BCUT2D eigenvalue weighted by atomic mass is 32.1. The van der Waals surface area contributed by atoms with Crippen LogP contribution < -0.4 is 19.3 Å². The second-order valence-electron chi connectivity index (χ2n) is 12.3. The van der Waals surface area contributed by atoms with Crippen molar-refractivity contribution in [2.75, 3.05) is 49.7 Å². The normalized spacial score (nSPS) is 18.1. The summed E-state index contributed by atoms with van der Waals surface area (Å²) >= 11 is 0. The molecule has 1 aliphatic carbocycles. The smallest absolute Gasteiger partial charge is 0.303 e. The Morgan fingerprint density at radius 2 is 1.60 bits per heavy atom. The molecule has 2 heterocycles. The molecule has 3 fully saturated rings. The Hall–Kier alpha value is -3.32. The maximum Gasteiger partial charge on any atom is 0.303 e. The molecule has 1 saturated carbocycles. The van der Waals surface area contributed by atoms with Crippen molar-refractivity contribution in [3.8, 4) is 22.6 Å². The second-order valence-corrected chi connectivity index (χ2v) is 12.3. The molecule has 2 saturated heterocycles. The summed E-state index contributed by atoms with van der Waals surface area (Å²) in [6, 6.07) is 23.7. The van der Waals surface area contributed by atoms with Crippen LogP contribution in [0.2, 0.25) is 0 Å². The summed E-state index contributed by atoms with van der Waals surface area (Å²) in [4.78, 5) is 16.4. The van der Waals surface area contributed by atoms with Crippen LogP contribution in [0.5, 0.6) is 11.5 Å². The Labute approximate surface area is 263 Å². The molecule has 3 aromatic rings. The van der Waals surface area contributed by atoms with Crippen molar-refractivity contribution >= 4 is 30.8 Å². The zero-order valence-corrected chi connectivity index (χ0v) is 26.3. The Balaban J connectivity index is 0.00000368. The lowest BCUT2D eigenvalue weighted by Crippen LogP contribution is -2.35. The van der Waals surface area contributed by atoms with Crippen LogP contribution in [0.3, 0.4) is 0 Å². The number of hydrogen-bond donors (Lipinski definition) is 1. The van der Waals surface area contributed by atoms with Gasteiger partial charge in [0, 0.05) is 49.2 Å². The maximum absolute atomic E-state index is 11.4. The lowest BCUT2D eigenvalue weighted by Gasteiger charge is -2.35. The monoisotopic (exact) mass is 602 g/mol. The Morgan fingerprint density at radius 3 is 2.28 bits per heavy atom. The fraction of sp³-hybridized carbons (Fsp3) is 0.472. The summed E-state index contributed by atoms with van der Waals surface area (Å²) in [5.74, 6) is 2.09. The van der Waals surface area contributed by atoms with Gasteiger partial charge in [-0.2, -0.15) is 13.5 Å². The lowest BCUT2D eigenvalue weighted by atomic mass is 9.91. The summed E-state index contributed by atoms with van der Waals surface area (Å²) in [7, 11) is 1.74. The zero-order valence-electron chi connectivity index (χ0n) is 25.3. The van der Waals surface area contributed by atoms with Gasteiger partial charge in [0.05, 0.1) is 20.1 Å². The molecule has 0 amide bonds. The number of hydrogen-bond acceptors (Lipinski definition) is 5. The minimum Gasteiger partial charge on any atom is -0.497 e. The van der Waals surface area contributed by atoms with Crippen molar-refractivity contribution in [2.24, 2.45) is 11.8 Å². The third kappa shape index (κ3) is 7.80. The third-order valence-corrected chi connectivity index (χ3v) is 9.42. The average molecular weight is 603 g/mol. The van der Waals surface area contributed by atoms with Gasteiger partial charge in [-0.1, -0.05) is 24.3 Å². The van der Waals surface area contributed by atoms with Crippen LogP contribution in [0.1, 0.15) is 62.8 Å². The molecule has 1 atom stereocenters. The molecule has 0 bridgehead atoms. The van der Waals surface area contributed by atoms with Crippen LogP contribution in [0.25, 0.3) is 11.1 Å². The topological polar surface area (TPSA) is 62.2 Å². The molecule has 3 aromatic carbocycles. The van der Waals surface area contributed by atoms with Crippen LogP contribution >= 0.6 is 13.5 Å². The highest BCUT2D eigenvalue weighted by Gasteiger charge is 2.34.